The summed E-state index contributed by atoms with van der Waals surface area (Å²) in [6.07, 6.45) is 6.83. The molecule has 1 saturated heterocycles. The van der Waals surface area contributed by atoms with Gasteiger partial charge in [0.05, 0.1) is 6.04 Å². The summed E-state index contributed by atoms with van der Waals surface area (Å²) >= 11 is 0. The van der Waals surface area contributed by atoms with Gasteiger partial charge in [-0.3, -0.25) is 4.40 Å². The van der Waals surface area contributed by atoms with E-state index in [1.807, 2.05) is 16.7 Å². The van der Waals surface area contributed by atoms with Crippen molar-refractivity contribution in [2.75, 3.05) is 20.6 Å². The number of rotatable bonds is 3. The van der Waals surface area contributed by atoms with Gasteiger partial charge in [-0.2, -0.15) is 17.0 Å². The first-order valence-corrected chi connectivity index (χ1v) is 7.89. The van der Waals surface area contributed by atoms with Crippen molar-refractivity contribution in [1.29, 1.82) is 0 Å². The highest BCUT2D eigenvalue weighted by molar-refractivity contribution is 7.86. The molecule has 0 saturated carbocycles. The lowest BCUT2D eigenvalue weighted by molar-refractivity contribution is 0.356. The molecule has 1 atom stereocenters. The summed E-state index contributed by atoms with van der Waals surface area (Å²) < 4.78 is 29.5. The summed E-state index contributed by atoms with van der Waals surface area (Å²) in [7, 11) is -0.294. The minimum Gasteiger partial charge on any atom is -0.287 e. The number of fused-ring (bicyclic) bond motifs is 1. The molecule has 3 heterocycles. The predicted octanol–water partition coefficient (Wildman–Crippen LogP) is 0.673. The number of imidazole rings is 1. The van der Waals surface area contributed by atoms with Gasteiger partial charge >= 0.3 is 0 Å². The van der Waals surface area contributed by atoms with Crippen LogP contribution in [0.2, 0.25) is 0 Å². The van der Waals surface area contributed by atoms with E-state index in [0.717, 1.165) is 18.5 Å². The van der Waals surface area contributed by atoms with Crippen molar-refractivity contribution in [3.8, 4) is 0 Å². The number of hydrogen-bond acceptors (Lipinski definition) is 4. The van der Waals surface area contributed by atoms with Crippen LogP contribution in [0.4, 0.5) is 0 Å². The second-order valence-electron chi connectivity index (χ2n) is 5.03. The summed E-state index contributed by atoms with van der Waals surface area (Å²) in [4.78, 5) is 8.32. The Morgan fingerprint density at radius 2 is 2.05 bits per heavy atom. The maximum absolute atomic E-state index is 12.4. The molecule has 0 aromatic carbocycles. The Kier molecular flexibility index (Phi) is 3.23. The first-order valence-electron chi connectivity index (χ1n) is 6.49. The van der Waals surface area contributed by atoms with Gasteiger partial charge in [0.15, 0.2) is 0 Å². The molecule has 0 radical (unpaired) electrons. The van der Waals surface area contributed by atoms with E-state index in [1.165, 1.54) is 4.31 Å². The van der Waals surface area contributed by atoms with Gasteiger partial charge in [-0.05, 0) is 18.9 Å². The molecule has 1 fully saturated rings. The number of hydrogen-bond donors (Lipinski definition) is 0. The SMILES string of the molecule is CN(C)S(=O)(=O)N1CCC[C@@H]1c1ccnc2nccn12. The molecule has 0 N–H and O–H groups in total. The fraction of sp³-hybridized carbons (Fsp3) is 0.500. The predicted molar refractivity (Wildman–Crippen MR) is 74.3 cm³/mol. The van der Waals surface area contributed by atoms with E-state index in [9.17, 15) is 8.42 Å². The molecule has 7 nitrogen and oxygen atoms in total. The minimum absolute atomic E-state index is 0.165. The van der Waals surface area contributed by atoms with Gasteiger partial charge in [0, 0.05) is 44.9 Å². The van der Waals surface area contributed by atoms with Crippen LogP contribution in [-0.2, 0) is 10.2 Å². The largest absolute Gasteiger partial charge is 0.287 e. The van der Waals surface area contributed by atoms with E-state index in [2.05, 4.69) is 9.97 Å². The Bertz CT molecular complexity index is 724. The van der Waals surface area contributed by atoms with E-state index >= 15 is 0 Å². The maximum atomic E-state index is 12.4. The van der Waals surface area contributed by atoms with Crippen molar-refractivity contribution in [3.05, 3.63) is 30.4 Å². The molecule has 0 amide bonds. The van der Waals surface area contributed by atoms with E-state index in [-0.39, 0.29) is 6.04 Å². The fourth-order valence-corrected chi connectivity index (χ4v) is 3.96. The van der Waals surface area contributed by atoms with Crippen molar-refractivity contribution >= 4 is 16.0 Å². The molecule has 0 aliphatic carbocycles. The Morgan fingerprint density at radius 1 is 1.30 bits per heavy atom. The minimum atomic E-state index is -3.41. The molecule has 0 spiro atoms. The molecular formula is C12H17N5O2S. The number of aromatic nitrogens is 3. The molecule has 8 heteroatoms. The van der Waals surface area contributed by atoms with Gasteiger partial charge in [0.1, 0.15) is 0 Å². The average molecular weight is 295 g/mol. The van der Waals surface area contributed by atoms with Crippen molar-refractivity contribution < 1.29 is 8.42 Å². The quantitative estimate of drug-likeness (QED) is 0.834. The Labute approximate surface area is 118 Å². The van der Waals surface area contributed by atoms with E-state index < -0.39 is 10.2 Å². The normalized spacial score (nSPS) is 21.1. The highest BCUT2D eigenvalue weighted by Gasteiger charge is 2.37. The number of nitrogens with zero attached hydrogens (tertiary/aromatic N) is 5. The van der Waals surface area contributed by atoms with Crippen molar-refractivity contribution in [2.45, 2.75) is 18.9 Å². The van der Waals surface area contributed by atoms with Crippen LogP contribution in [0.25, 0.3) is 5.78 Å². The second-order valence-corrected chi connectivity index (χ2v) is 7.12. The summed E-state index contributed by atoms with van der Waals surface area (Å²) in [6.45, 7) is 0.545. The zero-order valence-electron chi connectivity index (χ0n) is 11.5. The molecule has 2 aromatic heterocycles. The highest BCUT2D eigenvalue weighted by Crippen LogP contribution is 2.34. The molecule has 0 unspecified atom stereocenters. The smallest absolute Gasteiger partial charge is 0.282 e. The van der Waals surface area contributed by atoms with Crippen LogP contribution in [0.5, 0.6) is 0 Å². The van der Waals surface area contributed by atoms with Gasteiger partial charge in [-0.15, -0.1) is 0 Å². The Hall–Kier alpha value is -1.51. The van der Waals surface area contributed by atoms with Crippen molar-refractivity contribution in [1.82, 2.24) is 23.0 Å². The maximum Gasteiger partial charge on any atom is 0.282 e. The van der Waals surface area contributed by atoms with Crippen LogP contribution in [-0.4, -0.2) is 52.0 Å². The van der Waals surface area contributed by atoms with Crippen LogP contribution in [0.3, 0.4) is 0 Å². The molecule has 3 rings (SSSR count). The van der Waals surface area contributed by atoms with E-state index in [1.54, 1.807) is 30.8 Å². The van der Waals surface area contributed by atoms with Crippen LogP contribution in [0.15, 0.2) is 24.7 Å². The van der Waals surface area contributed by atoms with Crippen LogP contribution in [0, 0.1) is 0 Å². The van der Waals surface area contributed by atoms with Crippen LogP contribution < -0.4 is 0 Å². The molecule has 2 aromatic rings. The summed E-state index contributed by atoms with van der Waals surface area (Å²) in [5, 5.41) is 0. The topological polar surface area (TPSA) is 70.8 Å². The summed E-state index contributed by atoms with van der Waals surface area (Å²) in [6, 6.07) is 1.70. The molecule has 1 aliphatic heterocycles. The summed E-state index contributed by atoms with van der Waals surface area (Å²) in [5.74, 6) is 0.594. The third kappa shape index (κ3) is 2.00. The Morgan fingerprint density at radius 3 is 2.80 bits per heavy atom. The highest BCUT2D eigenvalue weighted by atomic mass is 32.2. The monoisotopic (exact) mass is 295 g/mol. The standard InChI is InChI=1S/C12H17N5O2S/c1-15(2)20(18,19)17-8-3-4-11(17)10-5-6-13-12-14-7-9-16(10)12/h5-7,9,11H,3-4,8H2,1-2H3/t11-/m1/s1. The zero-order valence-corrected chi connectivity index (χ0v) is 12.3. The Balaban J connectivity index is 2.07. The van der Waals surface area contributed by atoms with Gasteiger partial charge < -0.3 is 0 Å². The van der Waals surface area contributed by atoms with Crippen molar-refractivity contribution in [3.63, 3.8) is 0 Å². The lowest BCUT2D eigenvalue weighted by Crippen LogP contribution is -2.39. The lowest BCUT2D eigenvalue weighted by Gasteiger charge is -2.27. The van der Waals surface area contributed by atoms with E-state index in [4.69, 9.17) is 0 Å². The molecule has 0 bridgehead atoms. The lowest BCUT2D eigenvalue weighted by atomic mass is 10.1. The van der Waals surface area contributed by atoms with Gasteiger partial charge in [-0.25, -0.2) is 9.97 Å². The molecular weight excluding hydrogens is 278 g/mol. The molecule has 1 aliphatic rings. The first-order chi connectivity index (χ1) is 9.51. The van der Waals surface area contributed by atoms with Crippen molar-refractivity contribution in [2.24, 2.45) is 0 Å². The fourth-order valence-electron chi connectivity index (χ4n) is 2.65. The molecule has 20 heavy (non-hydrogen) atoms. The van der Waals surface area contributed by atoms with E-state index in [0.29, 0.717) is 12.3 Å². The third-order valence-corrected chi connectivity index (χ3v) is 5.59. The average Bonchev–Trinajstić information content (AvgIpc) is 3.07. The van der Waals surface area contributed by atoms with Gasteiger partial charge in [-0.1, -0.05) is 0 Å². The van der Waals surface area contributed by atoms with Crippen LogP contribution in [0.1, 0.15) is 24.6 Å². The third-order valence-electron chi connectivity index (χ3n) is 3.64. The van der Waals surface area contributed by atoms with Gasteiger partial charge in [0.25, 0.3) is 10.2 Å². The van der Waals surface area contributed by atoms with Crippen LogP contribution >= 0.6 is 0 Å². The zero-order chi connectivity index (χ0) is 14.3. The second kappa shape index (κ2) is 4.80. The molecule has 108 valence electrons. The van der Waals surface area contributed by atoms with Gasteiger partial charge in [0.2, 0.25) is 5.78 Å². The summed E-state index contributed by atoms with van der Waals surface area (Å²) in [5.41, 5.74) is 0.912. The first kappa shape index (κ1) is 13.5.